The number of pyridine rings is 1. The number of carbonyl (C=O) groups excluding carboxylic acids is 1. The first kappa shape index (κ1) is 14.9. The Morgan fingerprint density at radius 1 is 1.25 bits per heavy atom. The van der Waals surface area contributed by atoms with Crippen LogP contribution in [0.25, 0.3) is 0 Å². The lowest BCUT2D eigenvalue weighted by Gasteiger charge is -2.05. The minimum absolute atomic E-state index is 0.306. The molecule has 2 aromatic rings. The summed E-state index contributed by atoms with van der Waals surface area (Å²) in [5.41, 5.74) is 1.72. The first-order valence-corrected chi connectivity index (χ1v) is 7.31. The van der Waals surface area contributed by atoms with Crippen LogP contribution in [0.3, 0.4) is 0 Å². The summed E-state index contributed by atoms with van der Waals surface area (Å²) >= 11 is 13.2. The second kappa shape index (κ2) is 6.76. The molecular formula is C14H8Cl2N2OS. The fraction of sp³-hybridized carbons (Fsp3) is 0.0714. The SMILES string of the molecule is N#Cc1ccc(C=O)nc1SCc1ccc(Cl)c(Cl)c1. The summed E-state index contributed by atoms with van der Waals surface area (Å²) in [6.07, 6.45) is 0.657. The third kappa shape index (κ3) is 3.51. The average Bonchev–Trinajstić information content (AvgIpc) is 2.48. The second-order valence-corrected chi connectivity index (χ2v) is 5.63. The highest BCUT2D eigenvalue weighted by atomic mass is 35.5. The lowest BCUT2D eigenvalue weighted by molar-refractivity contribution is 0.111. The van der Waals surface area contributed by atoms with Gasteiger partial charge >= 0.3 is 0 Å². The van der Waals surface area contributed by atoms with Crippen molar-refractivity contribution in [2.24, 2.45) is 0 Å². The normalized spacial score (nSPS) is 10.1. The van der Waals surface area contributed by atoms with Gasteiger partial charge in [0.05, 0.1) is 15.6 Å². The van der Waals surface area contributed by atoms with Gasteiger partial charge in [-0.25, -0.2) is 4.98 Å². The monoisotopic (exact) mass is 322 g/mol. The molecule has 0 atom stereocenters. The molecule has 0 spiro atoms. The van der Waals surface area contributed by atoms with Crippen LogP contribution in [0.1, 0.15) is 21.6 Å². The fourth-order valence-corrected chi connectivity index (χ4v) is 2.74. The van der Waals surface area contributed by atoms with Crippen molar-refractivity contribution in [3.05, 3.63) is 57.2 Å². The molecule has 0 saturated heterocycles. The van der Waals surface area contributed by atoms with Crippen LogP contribution in [0.15, 0.2) is 35.4 Å². The topological polar surface area (TPSA) is 53.8 Å². The molecule has 1 heterocycles. The van der Waals surface area contributed by atoms with Crippen LogP contribution in [0.5, 0.6) is 0 Å². The van der Waals surface area contributed by atoms with Crippen LogP contribution in [0.2, 0.25) is 10.0 Å². The van der Waals surface area contributed by atoms with E-state index in [-0.39, 0.29) is 0 Å². The van der Waals surface area contributed by atoms with Crippen LogP contribution in [0, 0.1) is 11.3 Å². The number of hydrogen-bond acceptors (Lipinski definition) is 4. The molecule has 100 valence electrons. The van der Waals surface area contributed by atoms with Crippen LogP contribution in [-0.4, -0.2) is 11.3 Å². The summed E-state index contributed by atoms with van der Waals surface area (Å²) in [5, 5.41) is 10.5. The van der Waals surface area contributed by atoms with Gasteiger partial charge in [-0.1, -0.05) is 29.3 Å². The number of rotatable bonds is 4. The fourth-order valence-electron chi connectivity index (χ4n) is 1.50. The molecule has 2 rings (SSSR count). The van der Waals surface area contributed by atoms with Gasteiger partial charge < -0.3 is 0 Å². The molecule has 0 unspecified atom stereocenters. The predicted octanol–water partition coefficient (Wildman–Crippen LogP) is 4.36. The van der Waals surface area contributed by atoms with E-state index in [1.165, 1.54) is 17.8 Å². The number of halogens is 2. The molecule has 0 aliphatic heterocycles. The minimum atomic E-state index is 0.306. The molecule has 0 N–H and O–H groups in total. The Labute approximate surface area is 130 Å². The van der Waals surface area contributed by atoms with E-state index in [2.05, 4.69) is 11.1 Å². The molecule has 0 bridgehead atoms. The number of carbonyl (C=O) groups is 1. The molecule has 6 heteroatoms. The van der Waals surface area contributed by atoms with Crippen LogP contribution >= 0.6 is 35.0 Å². The van der Waals surface area contributed by atoms with E-state index in [0.717, 1.165) is 5.56 Å². The number of nitriles is 1. The van der Waals surface area contributed by atoms with E-state index in [1.54, 1.807) is 18.2 Å². The van der Waals surface area contributed by atoms with E-state index in [0.29, 0.717) is 38.4 Å². The minimum Gasteiger partial charge on any atom is -0.296 e. The third-order valence-corrected chi connectivity index (χ3v) is 4.28. The number of aromatic nitrogens is 1. The number of benzene rings is 1. The Bertz CT molecular complexity index is 698. The van der Waals surface area contributed by atoms with E-state index in [9.17, 15) is 4.79 Å². The highest BCUT2D eigenvalue weighted by Crippen LogP contribution is 2.28. The van der Waals surface area contributed by atoms with Crippen molar-refractivity contribution < 1.29 is 4.79 Å². The van der Waals surface area contributed by atoms with Crippen LogP contribution in [-0.2, 0) is 5.75 Å². The number of aldehydes is 1. The van der Waals surface area contributed by atoms with Gasteiger partial charge in [-0.05, 0) is 29.8 Å². The van der Waals surface area contributed by atoms with Gasteiger partial charge in [-0.3, -0.25) is 4.79 Å². The van der Waals surface area contributed by atoms with Gasteiger partial charge in [-0.15, -0.1) is 11.8 Å². The van der Waals surface area contributed by atoms with Gasteiger partial charge in [-0.2, -0.15) is 5.26 Å². The number of thioether (sulfide) groups is 1. The molecule has 20 heavy (non-hydrogen) atoms. The largest absolute Gasteiger partial charge is 0.296 e. The zero-order valence-corrected chi connectivity index (χ0v) is 12.5. The van der Waals surface area contributed by atoms with Crippen molar-refractivity contribution in [2.75, 3.05) is 0 Å². The Hall–Kier alpha value is -1.54. The van der Waals surface area contributed by atoms with E-state index >= 15 is 0 Å². The highest BCUT2D eigenvalue weighted by Gasteiger charge is 2.07. The molecule has 3 nitrogen and oxygen atoms in total. The molecule has 0 radical (unpaired) electrons. The molecular weight excluding hydrogens is 315 g/mol. The Kier molecular flexibility index (Phi) is 5.02. The van der Waals surface area contributed by atoms with Gasteiger partial charge in [0.25, 0.3) is 0 Å². The number of hydrogen-bond donors (Lipinski definition) is 0. The first-order chi connectivity index (χ1) is 9.63. The van der Waals surface area contributed by atoms with Gasteiger partial charge in [0.15, 0.2) is 6.29 Å². The summed E-state index contributed by atoms with van der Waals surface area (Å²) < 4.78 is 0. The molecule has 0 aliphatic rings. The predicted molar refractivity (Wildman–Crippen MR) is 80.4 cm³/mol. The third-order valence-electron chi connectivity index (χ3n) is 2.48. The lowest BCUT2D eigenvalue weighted by Crippen LogP contribution is -1.93. The summed E-state index contributed by atoms with van der Waals surface area (Å²) in [6, 6.07) is 10.5. The van der Waals surface area contributed by atoms with E-state index in [1.807, 2.05) is 6.07 Å². The lowest BCUT2D eigenvalue weighted by atomic mass is 10.2. The molecule has 0 saturated carbocycles. The maximum Gasteiger partial charge on any atom is 0.168 e. The van der Waals surface area contributed by atoms with Crippen molar-refractivity contribution in [2.45, 2.75) is 10.8 Å². The smallest absolute Gasteiger partial charge is 0.168 e. The average molecular weight is 323 g/mol. The Balaban J connectivity index is 2.19. The van der Waals surface area contributed by atoms with Crippen molar-refractivity contribution in [1.82, 2.24) is 4.98 Å². The van der Waals surface area contributed by atoms with Crippen molar-refractivity contribution in [1.29, 1.82) is 5.26 Å². The molecule has 0 fully saturated rings. The maximum absolute atomic E-state index is 10.7. The summed E-state index contributed by atoms with van der Waals surface area (Å²) in [6.45, 7) is 0. The molecule has 0 aliphatic carbocycles. The maximum atomic E-state index is 10.7. The van der Waals surface area contributed by atoms with Crippen LogP contribution in [0.4, 0.5) is 0 Å². The highest BCUT2D eigenvalue weighted by molar-refractivity contribution is 7.98. The van der Waals surface area contributed by atoms with Gasteiger partial charge in [0.2, 0.25) is 0 Å². The van der Waals surface area contributed by atoms with Crippen molar-refractivity contribution >= 4 is 41.2 Å². The van der Waals surface area contributed by atoms with Crippen molar-refractivity contribution in [3.63, 3.8) is 0 Å². The first-order valence-electron chi connectivity index (χ1n) is 5.57. The van der Waals surface area contributed by atoms with Crippen molar-refractivity contribution in [3.8, 4) is 6.07 Å². The standard InChI is InChI=1S/C14H8Cl2N2OS/c15-12-4-1-9(5-13(12)16)8-20-14-10(6-17)2-3-11(7-19)18-14/h1-5,7H,8H2. The summed E-state index contributed by atoms with van der Waals surface area (Å²) in [4.78, 5) is 14.9. The van der Waals surface area contributed by atoms with Gasteiger partial charge in [0, 0.05) is 5.75 Å². The van der Waals surface area contributed by atoms with Gasteiger partial charge in [0.1, 0.15) is 16.8 Å². The molecule has 1 aromatic carbocycles. The zero-order valence-electron chi connectivity index (χ0n) is 10.1. The second-order valence-electron chi connectivity index (χ2n) is 3.86. The van der Waals surface area contributed by atoms with E-state index in [4.69, 9.17) is 28.5 Å². The molecule has 1 aromatic heterocycles. The summed E-state index contributed by atoms with van der Waals surface area (Å²) in [7, 11) is 0. The quantitative estimate of drug-likeness (QED) is 0.619. The van der Waals surface area contributed by atoms with E-state index < -0.39 is 0 Å². The number of nitrogens with zero attached hydrogens (tertiary/aromatic N) is 2. The van der Waals surface area contributed by atoms with Crippen LogP contribution < -0.4 is 0 Å². The Morgan fingerprint density at radius 3 is 2.70 bits per heavy atom. The summed E-state index contributed by atoms with van der Waals surface area (Å²) in [5.74, 6) is 0.584. The zero-order chi connectivity index (χ0) is 14.5. The Morgan fingerprint density at radius 2 is 2.05 bits per heavy atom. The molecule has 0 amide bonds.